The van der Waals surface area contributed by atoms with Crippen molar-refractivity contribution < 1.29 is 0 Å². The van der Waals surface area contributed by atoms with Crippen molar-refractivity contribution in [3.05, 3.63) is 16.0 Å². The summed E-state index contributed by atoms with van der Waals surface area (Å²) in [5.74, 6) is 0.791. The molecule has 0 atom stereocenters. The lowest BCUT2D eigenvalue weighted by molar-refractivity contribution is 0.530. The summed E-state index contributed by atoms with van der Waals surface area (Å²) in [5, 5.41) is 3.72. The molecule has 0 spiro atoms. The number of aromatic nitrogens is 2. The zero-order valence-electron chi connectivity index (χ0n) is 8.56. The first-order chi connectivity index (χ1) is 7.09. The summed E-state index contributed by atoms with van der Waals surface area (Å²) in [6.07, 6.45) is 6.60. The molecule has 0 amide bonds. The molecule has 1 N–H and O–H groups in total. The molecule has 1 aromatic heterocycles. The summed E-state index contributed by atoms with van der Waals surface area (Å²) in [6, 6.07) is 0. The number of hydrogen-bond donors (Lipinski definition) is 1. The summed E-state index contributed by atoms with van der Waals surface area (Å²) < 4.78 is 0.861. The van der Waals surface area contributed by atoms with E-state index in [4.69, 9.17) is 11.6 Å². The molecule has 1 aliphatic rings. The molecule has 3 nitrogen and oxygen atoms in total. The maximum absolute atomic E-state index is 5.76. The van der Waals surface area contributed by atoms with Crippen molar-refractivity contribution in [3.8, 4) is 0 Å². The van der Waals surface area contributed by atoms with Crippen LogP contribution < -0.4 is 5.32 Å². The first-order valence-electron chi connectivity index (χ1n) is 5.05. The molecule has 0 aliphatic heterocycles. The number of anilines is 1. The molecule has 0 aromatic carbocycles. The lowest BCUT2D eigenvalue weighted by Crippen LogP contribution is -2.31. The van der Waals surface area contributed by atoms with Gasteiger partial charge in [0.2, 0.25) is 5.28 Å². The highest BCUT2D eigenvalue weighted by Crippen LogP contribution is 2.34. The van der Waals surface area contributed by atoms with E-state index in [0.717, 1.165) is 10.3 Å². The number of nitrogens with one attached hydrogen (secondary N) is 1. The minimum absolute atomic E-state index is 0.153. The SMILES string of the molecule is CC1(Nc2nc(Cl)ncc2Br)CCCC1. The molecule has 2 rings (SSSR count). The second kappa shape index (κ2) is 4.26. The molecule has 5 heteroatoms. The summed E-state index contributed by atoms with van der Waals surface area (Å²) in [4.78, 5) is 8.08. The fourth-order valence-corrected chi connectivity index (χ4v) is 2.42. The quantitative estimate of drug-likeness (QED) is 0.845. The molecule has 0 radical (unpaired) electrons. The second-order valence-corrected chi connectivity index (χ2v) is 5.42. The highest BCUT2D eigenvalue weighted by molar-refractivity contribution is 9.10. The van der Waals surface area contributed by atoms with Crippen LogP contribution in [-0.4, -0.2) is 15.5 Å². The van der Waals surface area contributed by atoms with Crippen molar-refractivity contribution in [1.82, 2.24) is 9.97 Å². The van der Waals surface area contributed by atoms with E-state index in [0.29, 0.717) is 0 Å². The lowest BCUT2D eigenvalue weighted by Gasteiger charge is -2.26. The van der Waals surface area contributed by atoms with Crippen molar-refractivity contribution in [2.24, 2.45) is 0 Å². The largest absolute Gasteiger partial charge is 0.364 e. The molecule has 1 saturated carbocycles. The Morgan fingerprint density at radius 1 is 1.47 bits per heavy atom. The third kappa shape index (κ3) is 2.61. The van der Waals surface area contributed by atoms with Crippen LogP contribution in [0.5, 0.6) is 0 Å². The third-order valence-electron chi connectivity index (χ3n) is 2.84. The van der Waals surface area contributed by atoms with Crippen LogP contribution in [0.25, 0.3) is 0 Å². The monoisotopic (exact) mass is 289 g/mol. The van der Waals surface area contributed by atoms with E-state index in [9.17, 15) is 0 Å². The number of nitrogens with zero attached hydrogens (tertiary/aromatic N) is 2. The number of rotatable bonds is 2. The summed E-state index contributed by atoms with van der Waals surface area (Å²) in [7, 11) is 0. The zero-order chi connectivity index (χ0) is 10.9. The van der Waals surface area contributed by atoms with Gasteiger partial charge in [-0.3, -0.25) is 0 Å². The van der Waals surface area contributed by atoms with Crippen LogP contribution in [0, 0.1) is 0 Å². The molecule has 0 bridgehead atoms. The molecule has 1 aliphatic carbocycles. The maximum Gasteiger partial charge on any atom is 0.224 e. The van der Waals surface area contributed by atoms with Gasteiger partial charge in [-0.1, -0.05) is 12.8 Å². The Morgan fingerprint density at radius 2 is 2.13 bits per heavy atom. The van der Waals surface area contributed by atoms with Crippen molar-refractivity contribution in [1.29, 1.82) is 0 Å². The first-order valence-corrected chi connectivity index (χ1v) is 6.22. The molecule has 0 saturated heterocycles. The Balaban J connectivity index is 2.19. The molecule has 1 aromatic rings. The van der Waals surface area contributed by atoms with E-state index >= 15 is 0 Å². The van der Waals surface area contributed by atoms with Crippen LogP contribution in [0.4, 0.5) is 5.82 Å². The van der Waals surface area contributed by atoms with Crippen LogP contribution >= 0.6 is 27.5 Å². The summed E-state index contributed by atoms with van der Waals surface area (Å²) >= 11 is 9.18. The number of hydrogen-bond acceptors (Lipinski definition) is 3. The molecule has 1 heterocycles. The van der Waals surface area contributed by atoms with Gasteiger partial charge < -0.3 is 5.32 Å². The predicted octanol–water partition coefficient (Wildman–Crippen LogP) is 3.64. The van der Waals surface area contributed by atoms with Gasteiger partial charge in [0.05, 0.1) is 4.47 Å². The molecule has 82 valence electrons. The average molecular weight is 291 g/mol. The van der Waals surface area contributed by atoms with Gasteiger partial charge in [-0.05, 0) is 47.3 Å². The van der Waals surface area contributed by atoms with Crippen LogP contribution in [0.1, 0.15) is 32.6 Å². The predicted molar refractivity (Wildman–Crippen MR) is 65.2 cm³/mol. The lowest BCUT2D eigenvalue weighted by atomic mass is 10.0. The normalized spacial score (nSPS) is 19.1. The Hall–Kier alpha value is -0.350. The summed E-state index contributed by atoms with van der Waals surface area (Å²) in [6.45, 7) is 2.22. The molecule has 1 fully saturated rings. The Labute approximate surface area is 103 Å². The highest BCUT2D eigenvalue weighted by atomic mass is 79.9. The Bertz CT molecular complexity index is 364. The molecular formula is C10H13BrClN3. The minimum atomic E-state index is 0.153. The van der Waals surface area contributed by atoms with Gasteiger partial charge in [0.1, 0.15) is 5.82 Å². The van der Waals surface area contributed by atoms with Crippen LogP contribution in [0.2, 0.25) is 5.28 Å². The van der Waals surface area contributed by atoms with Crippen molar-refractivity contribution in [2.45, 2.75) is 38.1 Å². The first kappa shape index (κ1) is 11.1. The maximum atomic E-state index is 5.76. The second-order valence-electron chi connectivity index (χ2n) is 4.23. The summed E-state index contributed by atoms with van der Waals surface area (Å²) in [5.41, 5.74) is 0.153. The highest BCUT2D eigenvalue weighted by Gasteiger charge is 2.29. The zero-order valence-corrected chi connectivity index (χ0v) is 10.9. The van der Waals surface area contributed by atoms with Crippen molar-refractivity contribution >= 4 is 33.3 Å². The van der Waals surface area contributed by atoms with E-state index in [1.165, 1.54) is 25.7 Å². The Morgan fingerprint density at radius 3 is 2.80 bits per heavy atom. The fraction of sp³-hybridized carbons (Fsp3) is 0.600. The topological polar surface area (TPSA) is 37.8 Å². The smallest absolute Gasteiger partial charge is 0.224 e. The molecule has 15 heavy (non-hydrogen) atoms. The van der Waals surface area contributed by atoms with E-state index in [1.807, 2.05) is 0 Å². The molecular weight excluding hydrogens is 277 g/mol. The van der Waals surface area contributed by atoms with Crippen LogP contribution in [0.3, 0.4) is 0 Å². The van der Waals surface area contributed by atoms with Gasteiger partial charge >= 0.3 is 0 Å². The van der Waals surface area contributed by atoms with Gasteiger partial charge in [-0.25, -0.2) is 4.98 Å². The van der Waals surface area contributed by atoms with Gasteiger partial charge in [0.15, 0.2) is 0 Å². The average Bonchev–Trinajstić information content (AvgIpc) is 2.59. The number of halogens is 2. The standard InChI is InChI=1S/C10H13BrClN3/c1-10(4-2-3-5-10)15-8-7(11)6-13-9(12)14-8/h6H,2-5H2,1H3,(H,13,14,15). The van der Waals surface area contributed by atoms with Crippen LogP contribution in [-0.2, 0) is 0 Å². The van der Waals surface area contributed by atoms with Crippen LogP contribution in [0.15, 0.2) is 10.7 Å². The minimum Gasteiger partial charge on any atom is -0.364 e. The fourth-order valence-electron chi connectivity index (χ4n) is 2.00. The van der Waals surface area contributed by atoms with Crippen molar-refractivity contribution in [3.63, 3.8) is 0 Å². The van der Waals surface area contributed by atoms with Gasteiger partial charge in [-0.15, -0.1) is 0 Å². The van der Waals surface area contributed by atoms with E-state index < -0.39 is 0 Å². The van der Waals surface area contributed by atoms with E-state index in [-0.39, 0.29) is 10.8 Å². The van der Waals surface area contributed by atoms with E-state index in [2.05, 4.69) is 38.1 Å². The van der Waals surface area contributed by atoms with Gasteiger partial charge in [0.25, 0.3) is 0 Å². The third-order valence-corrected chi connectivity index (χ3v) is 3.60. The molecule has 0 unspecified atom stereocenters. The Kier molecular flexibility index (Phi) is 3.16. The van der Waals surface area contributed by atoms with Crippen molar-refractivity contribution in [2.75, 3.05) is 5.32 Å². The van der Waals surface area contributed by atoms with E-state index in [1.54, 1.807) is 6.20 Å². The van der Waals surface area contributed by atoms with Gasteiger partial charge in [0, 0.05) is 11.7 Å². The van der Waals surface area contributed by atoms with Gasteiger partial charge in [-0.2, -0.15) is 4.98 Å².